The summed E-state index contributed by atoms with van der Waals surface area (Å²) in [6, 6.07) is 8.06. The van der Waals surface area contributed by atoms with Crippen molar-refractivity contribution < 1.29 is 4.79 Å². The number of nitrogens with zero attached hydrogens (tertiary/aromatic N) is 2. The van der Waals surface area contributed by atoms with E-state index in [0.29, 0.717) is 5.92 Å². The van der Waals surface area contributed by atoms with Gasteiger partial charge in [-0.1, -0.05) is 38.3 Å². The van der Waals surface area contributed by atoms with Gasteiger partial charge >= 0.3 is 0 Å². The van der Waals surface area contributed by atoms with E-state index in [2.05, 4.69) is 22.4 Å². The van der Waals surface area contributed by atoms with Crippen LogP contribution in [-0.4, -0.2) is 26.2 Å². The number of anilines is 1. The number of unbranched alkanes of at least 4 members (excludes halogenated alkanes) is 2. The lowest BCUT2D eigenvalue weighted by atomic mass is 10.1. The summed E-state index contributed by atoms with van der Waals surface area (Å²) in [4.78, 5) is 14.0. The van der Waals surface area contributed by atoms with E-state index in [0.717, 1.165) is 17.7 Å². The van der Waals surface area contributed by atoms with Gasteiger partial charge in [-0.3, -0.25) is 4.79 Å². The smallest absolute Gasteiger partial charge is 0.243 e. The average Bonchev–Trinajstić information content (AvgIpc) is 3.27. The number of benzene rings is 1. The predicted molar refractivity (Wildman–Crippen MR) is 92.2 cm³/mol. The molecule has 1 aromatic rings. The predicted octanol–water partition coefficient (Wildman–Crippen LogP) is 3.42. The highest BCUT2D eigenvalue weighted by Crippen LogP contribution is 2.42. The molecule has 0 heterocycles. The van der Waals surface area contributed by atoms with Crippen LogP contribution in [0.1, 0.15) is 44.6 Å². The van der Waals surface area contributed by atoms with E-state index in [4.69, 9.17) is 0 Å². The Labute approximate surface area is 133 Å². The van der Waals surface area contributed by atoms with Crippen molar-refractivity contribution in [3.8, 4) is 0 Å². The van der Waals surface area contributed by atoms with Crippen molar-refractivity contribution in [2.75, 3.05) is 19.0 Å². The van der Waals surface area contributed by atoms with Crippen LogP contribution in [0.2, 0.25) is 0 Å². The van der Waals surface area contributed by atoms with Crippen LogP contribution in [0.5, 0.6) is 0 Å². The summed E-state index contributed by atoms with van der Waals surface area (Å²) in [7, 11) is 4.02. The van der Waals surface area contributed by atoms with Crippen LogP contribution in [0, 0.1) is 11.8 Å². The van der Waals surface area contributed by atoms with E-state index in [1.165, 1.54) is 25.7 Å². The van der Waals surface area contributed by atoms with E-state index in [1.54, 1.807) is 6.21 Å². The molecule has 0 aliphatic heterocycles. The van der Waals surface area contributed by atoms with Gasteiger partial charge in [0.05, 0.1) is 6.21 Å². The molecule has 0 unspecified atom stereocenters. The number of amides is 1. The summed E-state index contributed by atoms with van der Waals surface area (Å²) < 4.78 is 0. The lowest BCUT2D eigenvalue weighted by molar-refractivity contribution is -0.122. The Kier molecular flexibility index (Phi) is 5.99. The first kappa shape index (κ1) is 16.5. The second-order valence-electron chi connectivity index (χ2n) is 6.32. The molecule has 0 spiro atoms. The molecule has 2 rings (SSSR count). The van der Waals surface area contributed by atoms with Crippen molar-refractivity contribution in [1.82, 2.24) is 5.43 Å². The number of carbonyl (C=O) groups is 1. The van der Waals surface area contributed by atoms with E-state index in [-0.39, 0.29) is 11.8 Å². The SMILES string of the molecule is CCCCC[C@H]1C[C@H]1C(=O)N/N=C\c1ccc(N(C)C)cc1. The Morgan fingerprint density at radius 1 is 1.32 bits per heavy atom. The highest BCUT2D eigenvalue weighted by molar-refractivity contribution is 5.85. The van der Waals surface area contributed by atoms with Crippen molar-refractivity contribution in [3.05, 3.63) is 29.8 Å². The largest absolute Gasteiger partial charge is 0.378 e. The fourth-order valence-electron chi connectivity index (χ4n) is 2.66. The minimum absolute atomic E-state index is 0.0719. The number of carbonyl (C=O) groups excluding carboxylic acids is 1. The van der Waals surface area contributed by atoms with Gasteiger partial charge < -0.3 is 4.90 Å². The van der Waals surface area contributed by atoms with Crippen LogP contribution >= 0.6 is 0 Å². The second kappa shape index (κ2) is 7.97. The van der Waals surface area contributed by atoms with Gasteiger partial charge in [-0.2, -0.15) is 5.10 Å². The molecular formula is C18H27N3O. The number of hydrogen-bond acceptors (Lipinski definition) is 3. The van der Waals surface area contributed by atoms with E-state index >= 15 is 0 Å². The van der Waals surface area contributed by atoms with Gasteiger partial charge in [-0.05, 0) is 36.5 Å². The summed E-state index contributed by atoms with van der Waals surface area (Å²) in [5, 5.41) is 4.07. The second-order valence-corrected chi connectivity index (χ2v) is 6.32. The van der Waals surface area contributed by atoms with Crippen LogP contribution < -0.4 is 10.3 Å². The van der Waals surface area contributed by atoms with Crippen molar-refractivity contribution in [2.45, 2.75) is 39.0 Å². The Morgan fingerprint density at radius 3 is 2.68 bits per heavy atom. The maximum Gasteiger partial charge on any atom is 0.243 e. The number of hydrogen-bond donors (Lipinski definition) is 1. The van der Waals surface area contributed by atoms with Crippen LogP contribution in [0.15, 0.2) is 29.4 Å². The first-order chi connectivity index (χ1) is 10.6. The van der Waals surface area contributed by atoms with Crippen LogP contribution in [0.25, 0.3) is 0 Å². The zero-order valence-corrected chi connectivity index (χ0v) is 13.9. The van der Waals surface area contributed by atoms with Crippen LogP contribution in [-0.2, 0) is 4.79 Å². The molecule has 22 heavy (non-hydrogen) atoms. The molecule has 0 aromatic heterocycles. The minimum Gasteiger partial charge on any atom is -0.378 e. The van der Waals surface area contributed by atoms with Gasteiger partial charge in [-0.15, -0.1) is 0 Å². The first-order valence-corrected chi connectivity index (χ1v) is 8.22. The van der Waals surface area contributed by atoms with E-state index < -0.39 is 0 Å². The highest BCUT2D eigenvalue weighted by Gasteiger charge is 2.41. The maximum atomic E-state index is 12.0. The van der Waals surface area contributed by atoms with Gasteiger partial charge in [0, 0.05) is 25.7 Å². The Bertz CT molecular complexity index is 508. The maximum absolute atomic E-state index is 12.0. The van der Waals surface area contributed by atoms with Crippen LogP contribution in [0.3, 0.4) is 0 Å². The molecule has 1 N–H and O–H groups in total. The number of hydrazone groups is 1. The fourth-order valence-corrected chi connectivity index (χ4v) is 2.66. The molecule has 4 heteroatoms. The van der Waals surface area contributed by atoms with Crippen LogP contribution in [0.4, 0.5) is 5.69 Å². The highest BCUT2D eigenvalue weighted by atomic mass is 16.2. The van der Waals surface area contributed by atoms with E-state index in [1.807, 2.05) is 38.4 Å². The third-order valence-electron chi connectivity index (χ3n) is 4.24. The summed E-state index contributed by atoms with van der Waals surface area (Å²) in [6.07, 6.45) is 7.66. The molecule has 1 fully saturated rings. The monoisotopic (exact) mass is 301 g/mol. The van der Waals surface area contributed by atoms with E-state index in [9.17, 15) is 4.79 Å². The van der Waals surface area contributed by atoms with Crippen molar-refractivity contribution in [3.63, 3.8) is 0 Å². The van der Waals surface area contributed by atoms with Gasteiger partial charge in [0.15, 0.2) is 0 Å². The Morgan fingerprint density at radius 2 is 2.05 bits per heavy atom. The van der Waals surface area contributed by atoms with Gasteiger partial charge in [-0.25, -0.2) is 5.43 Å². The Hall–Kier alpha value is -1.84. The van der Waals surface area contributed by atoms with Crippen molar-refractivity contribution >= 4 is 17.8 Å². The normalized spacial score (nSPS) is 20.1. The lowest BCUT2D eigenvalue weighted by Gasteiger charge is -2.11. The Balaban J connectivity index is 1.72. The third kappa shape index (κ3) is 4.86. The summed E-state index contributed by atoms with van der Waals surface area (Å²) in [5.41, 5.74) is 4.81. The van der Waals surface area contributed by atoms with Gasteiger partial charge in [0.2, 0.25) is 5.91 Å². The zero-order chi connectivity index (χ0) is 15.9. The summed E-state index contributed by atoms with van der Waals surface area (Å²) in [5.74, 6) is 0.842. The lowest BCUT2D eigenvalue weighted by Crippen LogP contribution is -2.20. The summed E-state index contributed by atoms with van der Waals surface area (Å²) >= 11 is 0. The molecule has 0 saturated heterocycles. The molecule has 1 amide bonds. The molecular weight excluding hydrogens is 274 g/mol. The zero-order valence-electron chi connectivity index (χ0n) is 13.9. The molecule has 0 radical (unpaired) electrons. The molecule has 120 valence electrons. The molecule has 4 nitrogen and oxygen atoms in total. The number of nitrogens with one attached hydrogen (secondary N) is 1. The molecule has 2 atom stereocenters. The standard InChI is InChI=1S/C18H27N3O/c1-4-5-6-7-15-12-17(15)18(22)20-19-13-14-8-10-16(11-9-14)21(2)3/h8-11,13,15,17H,4-7,12H2,1-3H3,(H,20,22)/b19-13-/t15-,17+/m0/s1. The fraction of sp³-hybridized carbons (Fsp3) is 0.556. The van der Waals surface area contributed by atoms with Crippen molar-refractivity contribution in [2.24, 2.45) is 16.9 Å². The topological polar surface area (TPSA) is 44.7 Å². The average molecular weight is 301 g/mol. The molecule has 0 bridgehead atoms. The van der Waals surface area contributed by atoms with Gasteiger partial charge in [0.25, 0.3) is 0 Å². The molecule has 1 saturated carbocycles. The van der Waals surface area contributed by atoms with Crippen molar-refractivity contribution in [1.29, 1.82) is 0 Å². The molecule has 1 aliphatic rings. The third-order valence-corrected chi connectivity index (χ3v) is 4.24. The van der Waals surface area contributed by atoms with Gasteiger partial charge in [0.1, 0.15) is 0 Å². The quantitative estimate of drug-likeness (QED) is 0.454. The number of rotatable bonds is 8. The molecule has 1 aliphatic carbocycles. The molecule has 1 aromatic carbocycles. The summed E-state index contributed by atoms with van der Waals surface area (Å²) in [6.45, 7) is 2.21. The first-order valence-electron chi connectivity index (χ1n) is 8.22. The minimum atomic E-state index is 0.0719.